The summed E-state index contributed by atoms with van der Waals surface area (Å²) >= 11 is 0. The molecule has 8 heteroatoms. The van der Waals surface area contributed by atoms with Gasteiger partial charge in [-0.05, 0) is 0 Å². The maximum Gasteiger partial charge on any atom is 0.722 e. The first-order valence-corrected chi connectivity index (χ1v) is 3.22. The molecule has 0 aromatic heterocycles. The average Bonchev–Trinajstić information content (AvgIpc) is 1.64. The zero-order valence-corrected chi connectivity index (χ0v) is 4.68. The third-order valence-corrected chi connectivity index (χ3v) is 1.28. The molecular formula is CF6OSi. The Morgan fingerprint density at radius 1 is 1.11 bits per heavy atom. The summed E-state index contributed by atoms with van der Waals surface area (Å²) in [6.45, 7) is 0. The summed E-state index contributed by atoms with van der Waals surface area (Å²) in [6, 6.07) is 0. The highest BCUT2D eigenvalue weighted by Gasteiger charge is 2.68. The topological polar surface area (TPSA) is 9.23 Å². The molecule has 0 heterocycles. The van der Waals surface area contributed by atoms with Crippen LogP contribution >= 0.6 is 0 Å². The largest absolute Gasteiger partial charge is 0.722 e. The molecule has 0 aliphatic heterocycles. The molecule has 0 amide bonds. The third kappa shape index (κ3) is 1.86. The Morgan fingerprint density at radius 2 is 1.44 bits per heavy atom. The van der Waals surface area contributed by atoms with E-state index in [0.29, 0.717) is 0 Å². The van der Waals surface area contributed by atoms with E-state index in [1.54, 1.807) is 0 Å². The predicted octanol–water partition coefficient (Wildman–Crippen LogP) is 1.87. The molecule has 0 unspecified atom stereocenters. The molecule has 0 saturated heterocycles. The van der Waals surface area contributed by atoms with Crippen LogP contribution < -0.4 is 0 Å². The third-order valence-electron chi connectivity index (χ3n) is 0.427. The summed E-state index contributed by atoms with van der Waals surface area (Å²) in [4.78, 5) is 0. The molecule has 0 radical (unpaired) electrons. The Labute approximate surface area is 46.6 Å². The van der Waals surface area contributed by atoms with Crippen LogP contribution in [0.5, 0.6) is 0 Å². The van der Waals surface area contributed by atoms with Gasteiger partial charge in [-0.1, -0.05) is 4.53 Å². The van der Waals surface area contributed by atoms with Crippen molar-refractivity contribution in [3.63, 3.8) is 0 Å². The fraction of sp³-hybridized carbons (Fsp3) is 1.00. The normalized spacial score (nSPS) is 14.0. The highest BCUT2D eigenvalue weighted by molar-refractivity contribution is 6.61. The van der Waals surface area contributed by atoms with E-state index in [2.05, 4.69) is 0 Å². The van der Waals surface area contributed by atoms with Gasteiger partial charge in [-0.3, -0.25) is 0 Å². The fourth-order valence-electron chi connectivity index (χ4n) is 0.0437. The standard InChI is InChI=1S/CF6OSi/c2-1(3,4)9(6,7)8-5. The number of hydrogen-bond acceptors (Lipinski definition) is 1. The monoisotopic (exact) mass is 170 g/mol. The first-order chi connectivity index (χ1) is 3.81. The van der Waals surface area contributed by atoms with Crippen molar-refractivity contribution in [2.45, 2.75) is 5.80 Å². The predicted molar refractivity (Wildman–Crippen MR) is 16.2 cm³/mol. The molecule has 0 aliphatic rings. The van der Waals surface area contributed by atoms with Crippen molar-refractivity contribution in [1.82, 2.24) is 0 Å². The lowest BCUT2D eigenvalue weighted by Crippen LogP contribution is -2.43. The minimum atomic E-state index is -7.05. The molecule has 0 rings (SSSR count). The van der Waals surface area contributed by atoms with E-state index in [1.165, 1.54) is 4.63 Å². The Balaban J connectivity index is 4.14. The van der Waals surface area contributed by atoms with Gasteiger partial charge in [-0.2, -0.15) is 17.8 Å². The summed E-state index contributed by atoms with van der Waals surface area (Å²) in [7, 11) is -7.05. The quantitative estimate of drug-likeness (QED) is 0.331. The van der Waals surface area contributed by atoms with Crippen LogP contribution in [0.15, 0.2) is 0 Å². The number of rotatable bonds is 1. The van der Waals surface area contributed by atoms with Gasteiger partial charge in [0.2, 0.25) is 0 Å². The van der Waals surface area contributed by atoms with Crippen molar-refractivity contribution in [2.24, 2.45) is 0 Å². The van der Waals surface area contributed by atoms with E-state index in [1.807, 2.05) is 0 Å². The smallest absolute Gasteiger partial charge is 0.234 e. The molecule has 0 bridgehead atoms. The summed E-state index contributed by atoms with van der Waals surface area (Å²) in [5, 5.41) is 0. The summed E-state index contributed by atoms with van der Waals surface area (Å²) in [5.74, 6) is -5.85. The van der Waals surface area contributed by atoms with E-state index in [0.717, 1.165) is 0 Å². The van der Waals surface area contributed by atoms with E-state index < -0.39 is 14.8 Å². The van der Waals surface area contributed by atoms with Crippen molar-refractivity contribution in [3.05, 3.63) is 0 Å². The molecule has 0 N–H and O–H groups in total. The molecule has 0 aromatic carbocycles. The molecule has 9 heavy (non-hydrogen) atoms. The highest BCUT2D eigenvalue weighted by Crippen LogP contribution is 2.31. The lowest BCUT2D eigenvalue weighted by Gasteiger charge is -2.08. The van der Waals surface area contributed by atoms with Crippen molar-refractivity contribution < 1.29 is 30.5 Å². The van der Waals surface area contributed by atoms with Gasteiger partial charge in [0.1, 0.15) is 0 Å². The van der Waals surface area contributed by atoms with Crippen LogP contribution in [0.25, 0.3) is 0 Å². The van der Waals surface area contributed by atoms with Gasteiger partial charge in [0.15, 0.2) is 0 Å². The summed E-state index contributed by atoms with van der Waals surface area (Å²) in [6.07, 6.45) is 0. The van der Waals surface area contributed by atoms with Crippen molar-refractivity contribution in [1.29, 1.82) is 0 Å². The zero-order chi connectivity index (χ0) is 7.71. The SMILES string of the molecule is FO[Si](F)(F)C(F)(F)F. The van der Waals surface area contributed by atoms with E-state index in [4.69, 9.17) is 0 Å². The molecular weight excluding hydrogens is 170 g/mol. The summed E-state index contributed by atoms with van der Waals surface area (Å²) < 4.78 is 66.3. The minimum Gasteiger partial charge on any atom is -0.234 e. The van der Waals surface area contributed by atoms with Gasteiger partial charge in [-0.15, -0.1) is 0 Å². The van der Waals surface area contributed by atoms with Crippen LogP contribution in [0.2, 0.25) is 0 Å². The highest BCUT2D eigenvalue weighted by atomic mass is 28.4. The van der Waals surface area contributed by atoms with Crippen molar-refractivity contribution in [2.75, 3.05) is 0 Å². The first kappa shape index (κ1) is 8.76. The second kappa shape index (κ2) is 2.18. The fourth-order valence-corrected chi connectivity index (χ4v) is 0.131. The number of hydrogen-bond donors (Lipinski definition) is 0. The Hall–Kier alpha value is -0.243. The molecule has 1 nitrogen and oxygen atoms in total. The van der Waals surface area contributed by atoms with Crippen molar-refractivity contribution >= 4 is 8.99 Å². The minimum absolute atomic E-state index is 1.48. The maximum atomic E-state index is 11.1. The van der Waals surface area contributed by atoms with Gasteiger partial charge in [-0.25, -0.2) is 8.22 Å². The number of halogens is 6. The Kier molecular flexibility index (Phi) is 2.12. The molecule has 0 atom stereocenters. The van der Waals surface area contributed by atoms with Gasteiger partial charge >= 0.3 is 14.8 Å². The van der Waals surface area contributed by atoms with E-state index in [9.17, 15) is 25.9 Å². The van der Waals surface area contributed by atoms with Gasteiger partial charge in [0.25, 0.3) is 0 Å². The van der Waals surface area contributed by atoms with Crippen LogP contribution in [0, 0.1) is 0 Å². The van der Waals surface area contributed by atoms with Crippen LogP contribution in [-0.2, 0) is 4.63 Å². The van der Waals surface area contributed by atoms with Gasteiger partial charge in [0.05, 0.1) is 0 Å². The lowest BCUT2D eigenvalue weighted by molar-refractivity contribution is -0.148. The Bertz CT molecular complexity index is 95.7. The van der Waals surface area contributed by atoms with E-state index >= 15 is 0 Å². The molecule has 0 saturated carbocycles. The summed E-state index contributed by atoms with van der Waals surface area (Å²) in [5.41, 5.74) is 0. The van der Waals surface area contributed by atoms with Crippen LogP contribution in [0.1, 0.15) is 0 Å². The number of alkyl halides is 3. The Morgan fingerprint density at radius 3 is 1.44 bits per heavy atom. The zero-order valence-electron chi connectivity index (χ0n) is 3.68. The first-order valence-electron chi connectivity index (χ1n) is 1.55. The van der Waals surface area contributed by atoms with Crippen LogP contribution in [0.4, 0.5) is 25.9 Å². The van der Waals surface area contributed by atoms with Crippen LogP contribution in [0.3, 0.4) is 0 Å². The van der Waals surface area contributed by atoms with Gasteiger partial charge in [0, 0.05) is 0 Å². The van der Waals surface area contributed by atoms with E-state index in [-0.39, 0.29) is 0 Å². The van der Waals surface area contributed by atoms with Crippen molar-refractivity contribution in [3.8, 4) is 0 Å². The second-order valence-corrected chi connectivity index (χ2v) is 2.85. The molecule has 56 valence electrons. The molecule has 0 aromatic rings. The maximum absolute atomic E-state index is 11.1. The lowest BCUT2D eigenvalue weighted by atomic mass is 11.5. The average molecular weight is 170 g/mol. The second-order valence-electron chi connectivity index (χ2n) is 1.09. The van der Waals surface area contributed by atoms with Gasteiger partial charge < -0.3 is 0 Å². The molecule has 0 fully saturated rings. The molecule has 0 aliphatic carbocycles. The molecule has 0 spiro atoms. The van der Waals surface area contributed by atoms with Crippen LogP contribution in [-0.4, -0.2) is 14.8 Å².